The molecule has 112 valence electrons. The summed E-state index contributed by atoms with van der Waals surface area (Å²) in [7, 11) is 0. The van der Waals surface area contributed by atoms with E-state index in [0.29, 0.717) is 17.0 Å². The van der Waals surface area contributed by atoms with Crippen LogP contribution in [-0.2, 0) is 12.8 Å². The molecule has 0 spiro atoms. The number of hydrogen-bond donors (Lipinski definition) is 1. The van der Waals surface area contributed by atoms with E-state index in [-0.39, 0.29) is 11.9 Å². The SMILES string of the molecule is CCCNC(Cc1ccncc1)Cc1c(F)cccc1Cl. The van der Waals surface area contributed by atoms with Crippen LogP contribution in [0.1, 0.15) is 24.5 Å². The van der Waals surface area contributed by atoms with Crippen molar-refractivity contribution in [3.63, 3.8) is 0 Å². The molecule has 0 bridgehead atoms. The quantitative estimate of drug-likeness (QED) is 0.835. The summed E-state index contributed by atoms with van der Waals surface area (Å²) in [4.78, 5) is 4.03. The lowest BCUT2D eigenvalue weighted by Gasteiger charge is -2.19. The van der Waals surface area contributed by atoms with Crippen LogP contribution in [0.2, 0.25) is 5.02 Å². The fraction of sp³-hybridized carbons (Fsp3) is 0.353. The summed E-state index contributed by atoms with van der Waals surface area (Å²) in [5.41, 5.74) is 1.77. The molecule has 2 aromatic rings. The van der Waals surface area contributed by atoms with Crippen LogP contribution in [0.3, 0.4) is 0 Å². The van der Waals surface area contributed by atoms with Gasteiger partial charge in [0, 0.05) is 29.0 Å². The Kier molecular flexibility index (Phi) is 6.15. The highest BCUT2D eigenvalue weighted by Gasteiger charge is 2.15. The van der Waals surface area contributed by atoms with Gasteiger partial charge < -0.3 is 5.32 Å². The van der Waals surface area contributed by atoms with Crippen molar-refractivity contribution in [1.29, 1.82) is 0 Å². The van der Waals surface area contributed by atoms with Crippen LogP contribution >= 0.6 is 11.6 Å². The number of pyridine rings is 1. The zero-order valence-electron chi connectivity index (χ0n) is 12.2. The predicted octanol–water partition coefficient (Wildman–Crippen LogP) is 4.03. The zero-order chi connectivity index (χ0) is 15.1. The van der Waals surface area contributed by atoms with E-state index in [4.69, 9.17) is 11.6 Å². The van der Waals surface area contributed by atoms with Crippen molar-refractivity contribution >= 4 is 11.6 Å². The lowest BCUT2D eigenvalue weighted by atomic mass is 9.99. The largest absolute Gasteiger partial charge is 0.313 e. The van der Waals surface area contributed by atoms with Gasteiger partial charge in [-0.3, -0.25) is 4.98 Å². The van der Waals surface area contributed by atoms with Gasteiger partial charge in [0.15, 0.2) is 0 Å². The molecule has 0 aliphatic carbocycles. The lowest BCUT2D eigenvalue weighted by molar-refractivity contribution is 0.492. The number of rotatable bonds is 7. The van der Waals surface area contributed by atoms with Crippen LogP contribution in [0.5, 0.6) is 0 Å². The van der Waals surface area contributed by atoms with Crippen molar-refractivity contribution in [2.45, 2.75) is 32.2 Å². The Morgan fingerprint density at radius 2 is 1.95 bits per heavy atom. The maximum absolute atomic E-state index is 13.9. The van der Waals surface area contributed by atoms with E-state index in [9.17, 15) is 4.39 Å². The number of nitrogens with one attached hydrogen (secondary N) is 1. The molecule has 1 aromatic heterocycles. The average Bonchev–Trinajstić information content (AvgIpc) is 2.49. The second-order valence-electron chi connectivity index (χ2n) is 5.11. The van der Waals surface area contributed by atoms with Gasteiger partial charge in [-0.1, -0.05) is 24.6 Å². The summed E-state index contributed by atoms with van der Waals surface area (Å²) in [5.74, 6) is -0.236. The summed E-state index contributed by atoms with van der Waals surface area (Å²) in [5, 5.41) is 3.97. The number of aromatic nitrogens is 1. The van der Waals surface area contributed by atoms with Crippen molar-refractivity contribution in [3.8, 4) is 0 Å². The first kappa shape index (κ1) is 15.9. The predicted molar refractivity (Wildman–Crippen MR) is 85.1 cm³/mol. The van der Waals surface area contributed by atoms with E-state index in [2.05, 4.69) is 17.2 Å². The molecular weight excluding hydrogens is 287 g/mol. The standard InChI is InChI=1S/C17H20ClFN2/c1-2-8-21-14(11-13-6-9-20-10-7-13)12-15-16(18)4-3-5-17(15)19/h3-7,9-10,14,21H,2,8,11-12H2,1H3. The van der Waals surface area contributed by atoms with Gasteiger partial charge in [-0.2, -0.15) is 0 Å². The lowest BCUT2D eigenvalue weighted by Crippen LogP contribution is -2.34. The van der Waals surface area contributed by atoms with E-state index in [1.165, 1.54) is 11.6 Å². The van der Waals surface area contributed by atoms with E-state index >= 15 is 0 Å². The molecule has 0 amide bonds. The van der Waals surface area contributed by atoms with Gasteiger partial charge in [-0.15, -0.1) is 0 Å². The zero-order valence-corrected chi connectivity index (χ0v) is 12.9. The van der Waals surface area contributed by atoms with Crippen molar-refractivity contribution in [3.05, 3.63) is 64.7 Å². The normalized spacial score (nSPS) is 12.3. The molecule has 0 aliphatic heterocycles. The first-order valence-corrected chi connectivity index (χ1v) is 7.63. The molecule has 0 radical (unpaired) electrons. The summed E-state index contributed by atoms with van der Waals surface area (Å²) in [6.07, 6.45) is 6.00. The Bertz CT molecular complexity index is 540. The van der Waals surface area contributed by atoms with Crippen molar-refractivity contribution in [1.82, 2.24) is 10.3 Å². The molecule has 0 saturated carbocycles. The number of halogens is 2. The Hall–Kier alpha value is -1.45. The third-order valence-electron chi connectivity index (χ3n) is 3.43. The molecule has 1 unspecified atom stereocenters. The Labute approximate surface area is 130 Å². The Balaban J connectivity index is 2.12. The molecule has 1 atom stereocenters. The van der Waals surface area contributed by atoms with Crippen molar-refractivity contribution in [2.75, 3.05) is 6.54 Å². The second kappa shape index (κ2) is 8.11. The second-order valence-corrected chi connectivity index (χ2v) is 5.52. The van der Waals surface area contributed by atoms with Crippen LogP contribution in [-0.4, -0.2) is 17.6 Å². The molecule has 0 aliphatic rings. The smallest absolute Gasteiger partial charge is 0.127 e. The summed E-state index contributed by atoms with van der Waals surface area (Å²) in [6, 6.07) is 8.97. The summed E-state index contributed by atoms with van der Waals surface area (Å²) < 4.78 is 13.9. The van der Waals surface area contributed by atoms with Gasteiger partial charge >= 0.3 is 0 Å². The highest BCUT2D eigenvalue weighted by Crippen LogP contribution is 2.21. The number of nitrogens with zero attached hydrogens (tertiary/aromatic N) is 1. The average molecular weight is 307 g/mol. The van der Waals surface area contributed by atoms with Gasteiger partial charge in [-0.25, -0.2) is 4.39 Å². The summed E-state index contributed by atoms with van der Waals surface area (Å²) >= 11 is 6.13. The van der Waals surface area contributed by atoms with Gasteiger partial charge in [0.05, 0.1) is 0 Å². The molecule has 0 saturated heterocycles. The topological polar surface area (TPSA) is 24.9 Å². The highest BCUT2D eigenvalue weighted by molar-refractivity contribution is 6.31. The van der Waals surface area contributed by atoms with E-state index in [1.54, 1.807) is 24.5 Å². The molecule has 21 heavy (non-hydrogen) atoms. The fourth-order valence-corrected chi connectivity index (χ4v) is 2.58. The number of hydrogen-bond acceptors (Lipinski definition) is 2. The first-order valence-electron chi connectivity index (χ1n) is 7.26. The molecule has 2 rings (SSSR count). The molecule has 0 fully saturated rings. The minimum atomic E-state index is -0.236. The Morgan fingerprint density at radius 1 is 1.19 bits per heavy atom. The monoisotopic (exact) mass is 306 g/mol. The van der Waals surface area contributed by atoms with E-state index in [0.717, 1.165) is 19.4 Å². The highest BCUT2D eigenvalue weighted by atomic mass is 35.5. The molecule has 4 heteroatoms. The molecule has 1 N–H and O–H groups in total. The van der Waals surface area contributed by atoms with Crippen molar-refractivity contribution in [2.24, 2.45) is 0 Å². The third-order valence-corrected chi connectivity index (χ3v) is 3.78. The van der Waals surface area contributed by atoms with Crippen LogP contribution in [0.15, 0.2) is 42.7 Å². The molecular formula is C17H20ClFN2. The maximum Gasteiger partial charge on any atom is 0.127 e. The number of benzene rings is 1. The third kappa shape index (κ3) is 4.80. The van der Waals surface area contributed by atoms with Crippen LogP contribution in [0.4, 0.5) is 4.39 Å². The molecule has 1 aromatic carbocycles. The van der Waals surface area contributed by atoms with E-state index < -0.39 is 0 Å². The van der Waals surface area contributed by atoms with Gasteiger partial charge in [-0.05, 0) is 55.6 Å². The van der Waals surface area contributed by atoms with E-state index in [1.807, 2.05) is 12.1 Å². The van der Waals surface area contributed by atoms with Gasteiger partial charge in [0.25, 0.3) is 0 Å². The van der Waals surface area contributed by atoms with Crippen molar-refractivity contribution < 1.29 is 4.39 Å². The Morgan fingerprint density at radius 3 is 2.62 bits per heavy atom. The van der Waals surface area contributed by atoms with Crippen LogP contribution in [0.25, 0.3) is 0 Å². The first-order chi connectivity index (χ1) is 10.2. The van der Waals surface area contributed by atoms with Crippen LogP contribution < -0.4 is 5.32 Å². The van der Waals surface area contributed by atoms with Gasteiger partial charge in [0.2, 0.25) is 0 Å². The summed E-state index contributed by atoms with van der Waals surface area (Å²) in [6.45, 7) is 3.02. The maximum atomic E-state index is 13.9. The molecule has 1 heterocycles. The molecule has 2 nitrogen and oxygen atoms in total. The van der Waals surface area contributed by atoms with Gasteiger partial charge in [0.1, 0.15) is 5.82 Å². The van der Waals surface area contributed by atoms with Crippen LogP contribution in [0, 0.1) is 5.82 Å². The fourth-order valence-electron chi connectivity index (χ4n) is 2.34. The minimum absolute atomic E-state index is 0.154. The minimum Gasteiger partial charge on any atom is -0.313 e.